The summed E-state index contributed by atoms with van der Waals surface area (Å²) in [5, 5.41) is 19.8. The predicted octanol–water partition coefficient (Wildman–Crippen LogP) is 2.27. The van der Waals surface area contributed by atoms with E-state index in [2.05, 4.69) is 15.6 Å². The number of hydrogen-bond donors (Lipinski definition) is 2. The summed E-state index contributed by atoms with van der Waals surface area (Å²) in [6, 6.07) is 6.57. The minimum atomic E-state index is -1.12. The zero-order valence-electron chi connectivity index (χ0n) is 16.3. The Morgan fingerprint density at radius 2 is 2.00 bits per heavy atom. The molecule has 0 fully saturated rings. The Bertz CT molecular complexity index is 823. The van der Waals surface area contributed by atoms with Gasteiger partial charge in [-0.3, -0.25) is 4.79 Å². The van der Waals surface area contributed by atoms with Crippen LogP contribution in [0.3, 0.4) is 0 Å². The molecule has 0 saturated heterocycles. The van der Waals surface area contributed by atoms with Crippen LogP contribution in [0.5, 0.6) is 0 Å². The number of hydrogen-bond acceptors (Lipinski definition) is 5. The third kappa shape index (κ3) is 5.62. The lowest BCUT2D eigenvalue weighted by Crippen LogP contribution is -2.42. The number of amides is 1. The van der Waals surface area contributed by atoms with Gasteiger partial charge in [0.2, 0.25) is 0 Å². The fourth-order valence-electron chi connectivity index (χ4n) is 2.51. The van der Waals surface area contributed by atoms with E-state index in [1.807, 2.05) is 52.0 Å². The highest BCUT2D eigenvalue weighted by molar-refractivity contribution is 5.95. The molecule has 0 aliphatic rings. The number of carboxylic acid groups (broad SMARTS) is 1. The molecule has 0 aliphatic heterocycles. The molecule has 8 nitrogen and oxygen atoms in total. The molecule has 2 N–H and O–H groups in total. The maximum Gasteiger partial charge on any atom is 0.326 e. The molecule has 2 rings (SSSR count). The van der Waals surface area contributed by atoms with Gasteiger partial charge in [-0.1, -0.05) is 17.3 Å². The van der Waals surface area contributed by atoms with Gasteiger partial charge in [-0.25, -0.2) is 9.48 Å². The van der Waals surface area contributed by atoms with Crippen LogP contribution >= 0.6 is 0 Å². The molecule has 1 unspecified atom stereocenters. The Labute approximate surface area is 158 Å². The van der Waals surface area contributed by atoms with Gasteiger partial charge in [0.25, 0.3) is 5.91 Å². The molecule has 0 radical (unpaired) electrons. The van der Waals surface area contributed by atoms with E-state index in [-0.39, 0.29) is 24.3 Å². The van der Waals surface area contributed by atoms with E-state index in [9.17, 15) is 14.7 Å². The maximum atomic E-state index is 12.5. The Kier molecular flexibility index (Phi) is 6.32. The highest BCUT2D eigenvalue weighted by Crippen LogP contribution is 2.14. The summed E-state index contributed by atoms with van der Waals surface area (Å²) >= 11 is 0. The van der Waals surface area contributed by atoms with Crippen LogP contribution in [0.1, 0.15) is 48.9 Å². The van der Waals surface area contributed by atoms with Crippen molar-refractivity contribution in [3.05, 3.63) is 41.2 Å². The second-order valence-electron chi connectivity index (χ2n) is 7.39. The van der Waals surface area contributed by atoms with Crippen LogP contribution in [0.25, 0.3) is 5.69 Å². The van der Waals surface area contributed by atoms with Gasteiger partial charge < -0.3 is 15.2 Å². The minimum absolute atomic E-state index is 0.0968. The fraction of sp³-hybridized carbons (Fsp3) is 0.474. The summed E-state index contributed by atoms with van der Waals surface area (Å²) in [6.07, 6.45) is 0.156. The number of carbonyl (C=O) groups excluding carboxylic acids is 1. The smallest absolute Gasteiger partial charge is 0.326 e. The molecule has 1 aromatic heterocycles. The van der Waals surface area contributed by atoms with Gasteiger partial charge in [0.1, 0.15) is 6.04 Å². The first-order valence-electron chi connectivity index (χ1n) is 8.75. The predicted molar refractivity (Wildman–Crippen MR) is 100 cm³/mol. The van der Waals surface area contributed by atoms with Crippen LogP contribution in [0.2, 0.25) is 0 Å². The van der Waals surface area contributed by atoms with Crippen LogP contribution in [-0.2, 0) is 9.53 Å². The Balaban J connectivity index is 2.11. The number of carboxylic acids is 1. The molecule has 0 aliphatic carbocycles. The highest BCUT2D eigenvalue weighted by Gasteiger charge is 2.25. The summed E-state index contributed by atoms with van der Waals surface area (Å²) in [5.41, 5.74) is 2.10. The second-order valence-corrected chi connectivity index (χ2v) is 7.39. The first-order chi connectivity index (χ1) is 12.6. The number of benzene rings is 1. The third-order valence-electron chi connectivity index (χ3n) is 3.90. The minimum Gasteiger partial charge on any atom is -0.480 e. The first kappa shape index (κ1) is 20.6. The standard InChI is InChI=1S/C19H26N4O4/c1-12-7-6-8-14(11-12)23-13(2)16(21-22-23)17(24)20-15(18(25)26)9-10-27-19(3,4)5/h6-8,11,15H,9-10H2,1-5H3,(H,20,24)(H,25,26). The molecule has 1 amide bonds. The van der Waals surface area contributed by atoms with Crippen molar-refractivity contribution in [3.63, 3.8) is 0 Å². The van der Waals surface area contributed by atoms with Gasteiger partial charge in [-0.05, 0) is 52.3 Å². The Hall–Kier alpha value is -2.74. The quantitative estimate of drug-likeness (QED) is 0.770. The molecule has 27 heavy (non-hydrogen) atoms. The molecule has 1 atom stereocenters. The number of rotatable bonds is 7. The van der Waals surface area contributed by atoms with Gasteiger partial charge in [0.05, 0.1) is 17.0 Å². The van der Waals surface area contributed by atoms with Crippen molar-refractivity contribution in [1.82, 2.24) is 20.3 Å². The summed E-state index contributed by atoms with van der Waals surface area (Å²) < 4.78 is 7.10. The molecule has 8 heteroatoms. The van der Waals surface area contributed by atoms with Crippen molar-refractivity contribution in [1.29, 1.82) is 0 Å². The average molecular weight is 374 g/mol. The van der Waals surface area contributed by atoms with E-state index in [1.165, 1.54) is 0 Å². The molecule has 2 aromatic rings. The van der Waals surface area contributed by atoms with Crippen molar-refractivity contribution in [3.8, 4) is 5.69 Å². The van der Waals surface area contributed by atoms with E-state index < -0.39 is 17.9 Å². The SMILES string of the molecule is Cc1cccc(-n2nnc(C(=O)NC(CCOC(C)(C)C)C(=O)O)c2C)c1. The first-order valence-corrected chi connectivity index (χ1v) is 8.75. The van der Waals surface area contributed by atoms with E-state index >= 15 is 0 Å². The number of aromatic nitrogens is 3. The fourth-order valence-corrected chi connectivity index (χ4v) is 2.51. The number of ether oxygens (including phenoxy) is 1. The average Bonchev–Trinajstić information content (AvgIpc) is 2.94. The number of aryl methyl sites for hydroxylation is 1. The lowest BCUT2D eigenvalue weighted by atomic mass is 10.1. The summed E-state index contributed by atoms with van der Waals surface area (Å²) in [4.78, 5) is 24.0. The molecular formula is C19H26N4O4. The number of nitrogens with zero attached hydrogens (tertiary/aromatic N) is 3. The van der Waals surface area contributed by atoms with Crippen molar-refractivity contribution in [2.24, 2.45) is 0 Å². The van der Waals surface area contributed by atoms with E-state index in [0.29, 0.717) is 5.69 Å². The summed E-state index contributed by atoms with van der Waals surface area (Å²) in [6.45, 7) is 9.54. The van der Waals surface area contributed by atoms with Crippen molar-refractivity contribution in [2.45, 2.75) is 52.7 Å². The number of nitrogens with one attached hydrogen (secondary N) is 1. The van der Waals surface area contributed by atoms with Gasteiger partial charge in [0, 0.05) is 13.0 Å². The number of aliphatic carboxylic acids is 1. The molecule has 146 valence electrons. The number of carbonyl (C=O) groups is 2. The van der Waals surface area contributed by atoms with Gasteiger partial charge >= 0.3 is 5.97 Å². The summed E-state index contributed by atoms with van der Waals surface area (Å²) in [7, 11) is 0. The summed E-state index contributed by atoms with van der Waals surface area (Å²) in [5.74, 6) is -1.70. The largest absolute Gasteiger partial charge is 0.480 e. The Morgan fingerprint density at radius 3 is 2.59 bits per heavy atom. The van der Waals surface area contributed by atoms with Crippen LogP contribution in [0.4, 0.5) is 0 Å². The monoisotopic (exact) mass is 374 g/mol. The normalized spacial score (nSPS) is 12.6. The second kappa shape index (κ2) is 8.30. The molecule has 0 saturated carbocycles. The lowest BCUT2D eigenvalue weighted by molar-refractivity contribution is -0.140. The van der Waals surface area contributed by atoms with Crippen molar-refractivity contribution >= 4 is 11.9 Å². The molecular weight excluding hydrogens is 348 g/mol. The maximum absolute atomic E-state index is 12.5. The van der Waals surface area contributed by atoms with E-state index in [1.54, 1.807) is 11.6 Å². The Morgan fingerprint density at radius 1 is 1.30 bits per heavy atom. The van der Waals surface area contributed by atoms with Crippen molar-refractivity contribution < 1.29 is 19.4 Å². The molecule has 0 spiro atoms. The third-order valence-corrected chi connectivity index (χ3v) is 3.90. The molecule has 0 bridgehead atoms. The van der Waals surface area contributed by atoms with Gasteiger partial charge in [0.15, 0.2) is 5.69 Å². The van der Waals surface area contributed by atoms with Gasteiger partial charge in [-0.15, -0.1) is 5.10 Å². The van der Waals surface area contributed by atoms with E-state index in [4.69, 9.17) is 4.74 Å². The van der Waals surface area contributed by atoms with Crippen molar-refractivity contribution in [2.75, 3.05) is 6.61 Å². The van der Waals surface area contributed by atoms with Gasteiger partial charge in [-0.2, -0.15) is 0 Å². The van der Waals surface area contributed by atoms with Crippen LogP contribution in [0, 0.1) is 13.8 Å². The van der Waals surface area contributed by atoms with Crippen LogP contribution < -0.4 is 5.32 Å². The topological polar surface area (TPSA) is 106 Å². The lowest BCUT2D eigenvalue weighted by Gasteiger charge is -2.21. The van der Waals surface area contributed by atoms with Crippen LogP contribution in [0.15, 0.2) is 24.3 Å². The molecule has 1 aromatic carbocycles. The zero-order valence-corrected chi connectivity index (χ0v) is 16.3. The van der Waals surface area contributed by atoms with Crippen LogP contribution in [-0.4, -0.2) is 50.2 Å². The zero-order chi connectivity index (χ0) is 20.2. The van der Waals surface area contributed by atoms with E-state index in [0.717, 1.165) is 11.3 Å². The highest BCUT2D eigenvalue weighted by atomic mass is 16.5. The molecule has 1 heterocycles.